The van der Waals surface area contributed by atoms with Gasteiger partial charge in [-0.1, -0.05) is 0 Å². The van der Waals surface area contributed by atoms with Gasteiger partial charge in [0.05, 0.1) is 6.61 Å². The summed E-state index contributed by atoms with van der Waals surface area (Å²) in [6.07, 6.45) is 1.16. The highest BCUT2D eigenvalue weighted by Crippen LogP contribution is 2.24. The molecule has 2 rings (SSSR count). The molecule has 0 spiro atoms. The number of hydrogen-bond donors (Lipinski definition) is 2. The molecule has 94 valence electrons. The zero-order valence-electron chi connectivity index (χ0n) is 10.4. The second kappa shape index (κ2) is 5.38. The number of hydrogen-bond acceptors (Lipinski definition) is 4. The van der Waals surface area contributed by atoms with E-state index in [1.165, 1.54) is 0 Å². The number of aliphatic hydroxyl groups excluding tert-OH is 1. The molecule has 4 heteroatoms. The monoisotopic (exact) mass is 235 g/mol. The first-order chi connectivity index (χ1) is 8.20. The van der Waals surface area contributed by atoms with Crippen LogP contribution in [0.5, 0.6) is 0 Å². The van der Waals surface area contributed by atoms with E-state index in [0.717, 1.165) is 43.9 Å². The van der Waals surface area contributed by atoms with E-state index in [2.05, 4.69) is 16.8 Å². The van der Waals surface area contributed by atoms with E-state index in [1.54, 1.807) is 0 Å². The molecular formula is C13H21N3O. The molecule has 0 atom stereocenters. The third kappa shape index (κ3) is 2.90. The van der Waals surface area contributed by atoms with Gasteiger partial charge in [0.2, 0.25) is 0 Å². The van der Waals surface area contributed by atoms with Crippen LogP contribution in [0.25, 0.3) is 0 Å². The zero-order valence-corrected chi connectivity index (χ0v) is 10.4. The zero-order chi connectivity index (χ0) is 12.3. The number of nitrogens with zero attached hydrogens (tertiary/aromatic N) is 2. The van der Waals surface area contributed by atoms with Crippen molar-refractivity contribution in [2.24, 2.45) is 0 Å². The van der Waals surface area contributed by atoms with Crippen LogP contribution in [0.2, 0.25) is 0 Å². The van der Waals surface area contributed by atoms with Crippen molar-refractivity contribution in [1.82, 2.24) is 4.90 Å². The summed E-state index contributed by atoms with van der Waals surface area (Å²) in [6, 6.07) is 5.79. The maximum Gasteiger partial charge on any atom is 0.0702 e. The average Bonchev–Trinajstić information content (AvgIpc) is 2.54. The van der Waals surface area contributed by atoms with Crippen molar-refractivity contribution in [2.75, 3.05) is 43.9 Å². The van der Waals surface area contributed by atoms with Crippen LogP contribution >= 0.6 is 0 Å². The Labute approximate surface area is 103 Å². The molecule has 1 aromatic carbocycles. The van der Waals surface area contributed by atoms with Crippen LogP contribution in [-0.2, 0) is 6.61 Å². The molecule has 0 bridgehead atoms. The summed E-state index contributed by atoms with van der Waals surface area (Å²) in [6.45, 7) is 4.30. The summed E-state index contributed by atoms with van der Waals surface area (Å²) in [7, 11) is 2.15. The van der Waals surface area contributed by atoms with E-state index < -0.39 is 0 Å². The van der Waals surface area contributed by atoms with Gasteiger partial charge in [0.15, 0.2) is 0 Å². The fraction of sp³-hybridized carbons (Fsp3) is 0.538. The number of nitrogens with two attached hydrogens (primary N) is 1. The number of rotatable bonds is 2. The van der Waals surface area contributed by atoms with Crippen LogP contribution in [0.4, 0.5) is 11.4 Å². The lowest BCUT2D eigenvalue weighted by molar-refractivity contribution is 0.282. The van der Waals surface area contributed by atoms with Gasteiger partial charge in [-0.25, -0.2) is 0 Å². The highest BCUT2D eigenvalue weighted by Gasteiger charge is 2.15. The molecule has 0 aromatic heterocycles. The lowest BCUT2D eigenvalue weighted by Crippen LogP contribution is -2.29. The Morgan fingerprint density at radius 1 is 1.24 bits per heavy atom. The van der Waals surface area contributed by atoms with Gasteiger partial charge >= 0.3 is 0 Å². The maximum absolute atomic E-state index is 9.40. The Balaban J connectivity index is 2.20. The van der Waals surface area contributed by atoms with Gasteiger partial charge in [0.25, 0.3) is 0 Å². The van der Waals surface area contributed by atoms with Crippen molar-refractivity contribution in [3.63, 3.8) is 0 Å². The lowest BCUT2D eigenvalue weighted by Gasteiger charge is -2.25. The average molecular weight is 235 g/mol. The Bertz CT molecular complexity index is 381. The van der Waals surface area contributed by atoms with Gasteiger partial charge in [-0.2, -0.15) is 0 Å². The van der Waals surface area contributed by atoms with Crippen LogP contribution < -0.4 is 10.6 Å². The van der Waals surface area contributed by atoms with Crippen LogP contribution in [0.1, 0.15) is 12.0 Å². The van der Waals surface area contributed by atoms with Gasteiger partial charge in [0, 0.05) is 36.6 Å². The van der Waals surface area contributed by atoms with Crippen molar-refractivity contribution in [1.29, 1.82) is 0 Å². The molecule has 1 heterocycles. The second-order valence-corrected chi connectivity index (χ2v) is 4.69. The Hall–Kier alpha value is -1.26. The van der Waals surface area contributed by atoms with E-state index >= 15 is 0 Å². The first-order valence-electron chi connectivity index (χ1n) is 6.13. The summed E-state index contributed by atoms with van der Waals surface area (Å²) in [5, 5.41) is 9.40. The molecule has 0 unspecified atom stereocenters. The lowest BCUT2D eigenvalue weighted by atomic mass is 10.1. The third-order valence-electron chi connectivity index (χ3n) is 3.33. The SMILES string of the molecule is CN1CCCN(c2ccc(N)cc2CO)CC1. The molecule has 0 amide bonds. The van der Waals surface area contributed by atoms with E-state index in [-0.39, 0.29) is 6.61 Å². The van der Waals surface area contributed by atoms with Gasteiger partial charge in [-0.15, -0.1) is 0 Å². The Morgan fingerprint density at radius 3 is 2.82 bits per heavy atom. The van der Waals surface area contributed by atoms with Crippen molar-refractivity contribution >= 4 is 11.4 Å². The minimum Gasteiger partial charge on any atom is -0.399 e. The van der Waals surface area contributed by atoms with Crippen LogP contribution in [0.15, 0.2) is 18.2 Å². The summed E-state index contributed by atoms with van der Waals surface area (Å²) in [5.74, 6) is 0. The second-order valence-electron chi connectivity index (χ2n) is 4.69. The molecule has 1 fully saturated rings. The molecule has 0 aliphatic carbocycles. The van der Waals surface area contributed by atoms with Crippen molar-refractivity contribution in [2.45, 2.75) is 13.0 Å². The minimum atomic E-state index is 0.0483. The van der Waals surface area contributed by atoms with Gasteiger partial charge < -0.3 is 20.6 Å². The predicted molar refractivity (Wildman–Crippen MR) is 71.1 cm³/mol. The van der Waals surface area contributed by atoms with Crippen LogP contribution in [0.3, 0.4) is 0 Å². The summed E-state index contributed by atoms with van der Waals surface area (Å²) >= 11 is 0. The van der Waals surface area contributed by atoms with E-state index in [1.807, 2.05) is 18.2 Å². The molecular weight excluding hydrogens is 214 g/mol. The number of aliphatic hydroxyl groups is 1. The molecule has 1 aliphatic heterocycles. The molecule has 1 aliphatic rings. The normalized spacial score (nSPS) is 18.1. The van der Waals surface area contributed by atoms with Gasteiger partial charge in [-0.05, 0) is 38.2 Å². The molecule has 4 nitrogen and oxygen atoms in total. The number of benzene rings is 1. The topological polar surface area (TPSA) is 52.7 Å². The molecule has 0 saturated carbocycles. The van der Waals surface area contributed by atoms with Crippen molar-refractivity contribution in [3.05, 3.63) is 23.8 Å². The number of likely N-dealkylation sites (N-methyl/N-ethyl adjacent to an activating group) is 1. The molecule has 1 saturated heterocycles. The first kappa shape index (κ1) is 12.2. The van der Waals surface area contributed by atoms with Crippen LogP contribution in [0, 0.1) is 0 Å². The molecule has 17 heavy (non-hydrogen) atoms. The molecule has 1 aromatic rings. The quantitative estimate of drug-likeness (QED) is 0.748. The molecule has 0 radical (unpaired) electrons. The van der Waals surface area contributed by atoms with E-state index in [4.69, 9.17) is 5.73 Å². The number of anilines is 2. The predicted octanol–water partition coefficient (Wildman–Crippen LogP) is 0.903. The fourth-order valence-electron chi connectivity index (χ4n) is 2.33. The summed E-state index contributed by atoms with van der Waals surface area (Å²) in [5.41, 5.74) is 8.51. The Morgan fingerprint density at radius 2 is 2.06 bits per heavy atom. The number of nitrogen functional groups attached to an aromatic ring is 1. The highest BCUT2D eigenvalue weighted by molar-refractivity contribution is 5.59. The third-order valence-corrected chi connectivity index (χ3v) is 3.33. The fourth-order valence-corrected chi connectivity index (χ4v) is 2.33. The van der Waals surface area contributed by atoms with E-state index in [0.29, 0.717) is 5.69 Å². The van der Waals surface area contributed by atoms with E-state index in [9.17, 15) is 5.11 Å². The summed E-state index contributed by atoms with van der Waals surface area (Å²) < 4.78 is 0. The van der Waals surface area contributed by atoms with Crippen LogP contribution in [-0.4, -0.2) is 43.2 Å². The van der Waals surface area contributed by atoms with Crippen molar-refractivity contribution < 1.29 is 5.11 Å². The van der Waals surface area contributed by atoms with Gasteiger partial charge in [0.1, 0.15) is 0 Å². The largest absolute Gasteiger partial charge is 0.399 e. The minimum absolute atomic E-state index is 0.0483. The molecule has 3 N–H and O–H groups in total. The standard InChI is InChI=1S/C13H21N3O/c1-15-5-2-6-16(8-7-15)13-4-3-12(14)9-11(13)10-17/h3-4,9,17H,2,5-8,10,14H2,1H3. The summed E-state index contributed by atoms with van der Waals surface area (Å²) in [4.78, 5) is 4.68. The van der Waals surface area contributed by atoms with Crippen molar-refractivity contribution in [3.8, 4) is 0 Å². The van der Waals surface area contributed by atoms with Gasteiger partial charge in [-0.3, -0.25) is 0 Å². The smallest absolute Gasteiger partial charge is 0.0702 e. The highest BCUT2D eigenvalue weighted by atomic mass is 16.3. The Kier molecular flexibility index (Phi) is 3.86. The first-order valence-corrected chi connectivity index (χ1v) is 6.13. The maximum atomic E-state index is 9.40.